The van der Waals surface area contributed by atoms with Gasteiger partial charge >= 0.3 is 0 Å². The zero-order chi connectivity index (χ0) is 18.8. The third kappa shape index (κ3) is 6.32. The van der Waals surface area contributed by atoms with E-state index in [0.717, 1.165) is 11.3 Å². The largest absolute Gasteiger partial charge is 0.494 e. The third-order valence-electron chi connectivity index (χ3n) is 3.35. The number of rotatable bonds is 7. The summed E-state index contributed by atoms with van der Waals surface area (Å²) in [6, 6.07) is 16.3. The summed E-state index contributed by atoms with van der Waals surface area (Å²) in [5.41, 5.74) is 5.54. The Morgan fingerprint density at radius 2 is 1.65 bits per heavy atom. The van der Waals surface area contributed by atoms with E-state index in [2.05, 4.69) is 10.9 Å². The molecular formula is C20H22N2O4. The second-order valence-corrected chi connectivity index (χ2v) is 5.39. The maximum atomic E-state index is 12.0. The van der Waals surface area contributed by atoms with Crippen LogP contribution in [0.25, 0.3) is 6.08 Å². The highest BCUT2D eigenvalue weighted by Crippen LogP contribution is 2.18. The molecule has 2 amide bonds. The van der Waals surface area contributed by atoms with E-state index < -0.39 is 17.9 Å². The molecule has 2 aromatic rings. The summed E-state index contributed by atoms with van der Waals surface area (Å²) < 4.78 is 10.9. The average molecular weight is 354 g/mol. The number of hydrogen-bond acceptors (Lipinski definition) is 4. The molecule has 0 saturated heterocycles. The van der Waals surface area contributed by atoms with Gasteiger partial charge in [0, 0.05) is 6.08 Å². The lowest BCUT2D eigenvalue weighted by atomic mass is 10.2. The van der Waals surface area contributed by atoms with Crippen molar-refractivity contribution < 1.29 is 19.1 Å². The van der Waals surface area contributed by atoms with Gasteiger partial charge in [0.1, 0.15) is 11.5 Å². The Kier molecular flexibility index (Phi) is 7.24. The van der Waals surface area contributed by atoms with Crippen LogP contribution in [0.15, 0.2) is 60.7 Å². The fourth-order valence-corrected chi connectivity index (χ4v) is 2.04. The fraction of sp³-hybridized carbons (Fsp3) is 0.200. The number of benzene rings is 2. The van der Waals surface area contributed by atoms with Crippen LogP contribution in [0.5, 0.6) is 11.5 Å². The van der Waals surface area contributed by atoms with Crippen LogP contribution in [0.4, 0.5) is 0 Å². The first kappa shape index (κ1) is 19.1. The monoisotopic (exact) mass is 354 g/mol. The number of carbonyl (C=O) groups is 2. The molecule has 136 valence electrons. The van der Waals surface area contributed by atoms with E-state index in [0.29, 0.717) is 12.4 Å². The average Bonchev–Trinajstić information content (AvgIpc) is 2.67. The van der Waals surface area contributed by atoms with Crippen molar-refractivity contribution in [2.24, 2.45) is 0 Å². The Labute approximate surface area is 152 Å². The molecule has 0 fully saturated rings. The SMILES string of the molecule is CCOc1ccc(O[C@H](C)C(=O)NNC(=O)/C=C/c2ccccc2)cc1. The lowest BCUT2D eigenvalue weighted by Gasteiger charge is -2.15. The molecule has 0 aliphatic carbocycles. The molecule has 0 heterocycles. The number of nitrogens with one attached hydrogen (secondary N) is 2. The first-order chi connectivity index (χ1) is 12.6. The van der Waals surface area contributed by atoms with Gasteiger partial charge < -0.3 is 9.47 Å². The van der Waals surface area contributed by atoms with E-state index in [9.17, 15) is 9.59 Å². The van der Waals surface area contributed by atoms with Crippen LogP contribution in [-0.2, 0) is 9.59 Å². The van der Waals surface area contributed by atoms with Crippen LogP contribution >= 0.6 is 0 Å². The van der Waals surface area contributed by atoms with Crippen molar-refractivity contribution in [1.82, 2.24) is 10.9 Å². The molecule has 0 spiro atoms. The number of hydrogen-bond donors (Lipinski definition) is 2. The Morgan fingerprint density at radius 1 is 1.00 bits per heavy atom. The smallest absolute Gasteiger partial charge is 0.279 e. The van der Waals surface area contributed by atoms with Crippen LogP contribution in [0, 0.1) is 0 Å². The van der Waals surface area contributed by atoms with Gasteiger partial charge in [-0.15, -0.1) is 0 Å². The Balaban J connectivity index is 1.77. The molecule has 2 rings (SSSR count). The van der Waals surface area contributed by atoms with Gasteiger partial charge in [0.05, 0.1) is 6.61 Å². The predicted octanol–water partition coefficient (Wildman–Crippen LogP) is 2.71. The van der Waals surface area contributed by atoms with E-state index in [1.165, 1.54) is 6.08 Å². The first-order valence-corrected chi connectivity index (χ1v) is 8.31. The fourth-order valence-electron chi connectivity index (χ4n) is 2.04. The van der Waals surface area contributed by atoms with Crippen molar-refractivity contribution >= 4 is 17.9 Å². The summed E-state index contributed by atoms with van der Waals surface area (Å²) in [5.74, 6) is 0.372. The van der Waals surface area contributed by atoms with Crippen LogP contribution < -0.4 is 20.3 Å². The first-order valence-electron chi connectivity index (χ1n) is 8.31. The van der Waals surface area contributed by atoms with Crippen LogP contribution in [0.2, 0.25) is 0 Å². The molecular weight excluding hydrogens is 332 g/mol. The Morgan fingerprint density at radius 3 is 2.31 bits per heavy atom. The highest BCUT2D eigenvalue weighted by molar-refractivity contribution is 5.93. The minimum Gasteiger partial charge on any atom is -0.494 e. The Bertz CT molecular complexity index is 742. The summed E-state index contributed by atoms with van der Waals surface area (Å²) in [6.07, 6.45) is 2.22. The molecule has 6 nitrogen and oxygen atoms in total. The quantitative estimate of drug-likeness (QED) is 0.592. The summed E-state index contributed by atoms with van der Waals surface area (Å²) in [4.78, 5) is 23.7. The maximum Gasteiger partial charge on any atom is 0.279 e. The zero-order valence-corrected chi connectivity index (χ0v) is 14.8. The van der Waals surface area contributed by atoms with Crippen molar-refractivity contribution in [2.45, 2.75) is 20.0 Å². The highest BCUT2D eigenvalue weighted by atomic mass is 16.5. The van der Waals surface area contributed by atoms with E-state index in [-0.39, 0.29) is 0 Å². The molecule has 2 N–H and O–H groups in total. The van der Waals surface area contributed by atoms with Gasteiger partial charge in [0.2, 0.25) is 0 Å². The maximum absolute atomic E-state index is 12.0. The summed E-state index contributed by atoms with van der Waals surface area (Å²) in [6.45, 7) is 4.08. The molecule has 0 unspecified atom stereocenters. The predicted molar refractivity (Wildman–Crippen MR) is 99.5 cm³/mol. The summed E-state index contributed by atoms with van der Waals surface area (Å²) in [7, 11) is 0. The van der Waals surface area contributed by atoms with Gasteiger partial charge in [-0.25, -0.2) is 0 Å². The van der Waals surface area contributed by atoms with Crippen molar-refractivity contribution in [1.29, 1.82) is 0 Å². The van der Waals surface area contributed by atoms with Gasteiger partial charge in [-0.1, -0.05) is 30.3 Å². The van der Waals surface area contributed by atoms with E-state index >= 15 is 0 Å². The number of ether oxygens (including phenoxy) is 2. The van der Waals surface area contributed by atoms with Gasteiger partial charge in [-0.2, -0.15) is 0 Å². The third-order valence-corrected chi connectivity index (χ3v) is 3.35. The van der Waals surface area contributed by atoms with E-state index in [1.54, 1.807) is 37.3 Å². The van der Waals surface area contributed by atoms with Gasteiger partial charge in [-0.3, -0.25) is 20.4 Å². The van der Waals surface area contributed by atoms with Crippen LogP contribution in [0.1, 0.15) is 19.4 Å². The van der Waals surface area contributed by atoms with Crippen molar-refractivity contribution in [3.05, 3.63) is 66.2 Å². The van der Waals surface area contributed by atoms with Crippen molar-refractivity contribution in [3.63, 3.8) is 0 Å². The second-order valence-electron chi connectivity index (χ2n) is 5.39. The van der Waals surface area contributed by atoms with Gasteiger partial charge in [-0.05, 0) is 49.8 Å². The molecule has 0 bridgehead atoms. The zero-order valence-electron chi connectivity index (χ0n) is 14.8. The lowest BCUT2D eigenvalue weighted by molar-refractivity contribution is -0.131. The summed E-state index contributed by atoms with van der Waals surface area (Å²) >= 11 is 0. The number of carbonyl (C=O) groups excluding carboxylic acids is 2. The van der Waals surface area contributed by atoms with E-state index in [4.69, 9.17) is 9.47 Å². The standard InChI is InChI=1S/C20H22N2O4/c1-3-25-17-10-12-18(13-11-17)26-15(2)20(24)22-21-19(23)14-9-16-7-5-4-6-8-16/h4-15H,3H2,1-2H3,(H,21,23)(H,22,24)/b14-9+/t15-/m1/s1. The lowest BCUT2D eigenvalue weighted by Crippen LogP contribution is -2.46. The summed E-state index contributed by atoms with van der Waals surface area (Å²) in [5, 5.41) is 0. The minimum absolute atomic E-state index is 0.435. The molecule has 2 aromatic carbocycles. The van der Waals surface area contributed by atoms with Crippen LogP contribution in [-0.4, -0.2) is 24.5 Å². The Hall–Kier alpha value is -3.28. The molecule has 0 saturated carbocycles. The molecule has 0 radical (unpaired) electrons. The molecule has 6 heteroatoms. The normalized spacial score (nSPS) is 11.6. The highest BCUT2D eigenvalue weighted by Gasteiger charge is 2.14. The molecule has 0 aliphatic rings. The molecule has 0 aromatic heterocycles. The van der Waals surface area contributed by atoms with Crippen molar-refractivity contribution in [2.75, 3.05) is 6.61 Å². The van der Waals surface area contributed by atoms with Crippen LogP contribution in [0.3, 0.4) is 0 Å². The van der Waals surface area contributed by atoms with Gasteiger partial charge in [0.15, 0.2) is 6.10 Å². The number of amides is 2. The van der Waals surface area contributed by atoms with Crippen molar-refractivity contribution in [3.8, 4) is 11.5 Å². The molecule has 26 heavy (non-hydrogen) atoms. The number of hydrazine groups is 1. The molecule has 0 aliphatic heterocycles. The van der Waals surface area contributed by atoms with E-state index in [1.807, 2.05) is 37.3 Å². The van der Waals surface area contributed by atoms with Gasteiger partial charge in [0.25, 0.3) is 11.8 Å². The second kappa shape index (κ2) is 9.88. The minimum atomic E-state index is -0.772. The topological polar surface area (TPSA) is 76.7 Å². The molecule has 1 atom stereocenters.